The lowest BCUT2D eigenvalue weighted by Crippen LogP contribution is -2.60. The third-order valence-corrected chi connectivity index (χ3v) is 11.6. The Bertz CT molecular complexity index is 2310. The first-order valence-electron chi connectivity index (χ1n) is 15.6. The largest absolute Gasteiger partial charge is 0.573 e. The maximum absolute atomic E-state index is 15.2. The van der Waals surface area contributed by atoms with Gasteiger partial charge in [0.05, 0.1) is 17.5 Å². The van der Waals surface area contributed by atoms with Gasteiger partial charge in [-0.05, 0) is 49.1 Å². The topological polar surface area (TPSA) is 162 Å². The van der Waals surface area contributed by atoms with Crippen molar-refractivity contribution in [1.29, 1.82) is 0 Å². The van der Waals surface area contributed by atoms with Gasteiger partial charge in [0, 0.05) is 17.5 Å². The van der Waals surface area contributed by atoms with Gasteiger partial charge in [-0.15, -0.1) is 36.4 Å². The SMILES string of the molecule is O=C(O)c1ccc(N2C(=O)C3CC=C4C(CC5(Cl)C(=O)N(c6c(F)c(F)c(F)c(F)c6F)C(=O)C5(Cl)C4c4cc(OC(F)(F)F)ccc4O)C3C2=O)cc1O. The Morgan fingerprint density at radius 3 is 2.00 bits per heavy atom. The number of ether oxygens (including phenoxy) is 1. The molecule has 0 aromatic heterocycles. The van der Waals surface area contributed by atoms with Gasteiger partial charge in [-0.1, -0.05) is 11.6 Å². The number of phenols is 2. The van der Waals surface area contributed by atoms with Gasteiger partial charge >= 0.3 is 12.3 Å². The number of amides is 4. The first-order valence-corrected chi connectivity index (χ1v) is 16.3. The number of imide groups is 2. The lowest BCUT2D eigenvalue weighted by Gasteiger charge is -2.50. The molecule has 3 fully saturated rings. The van der Waals surface area contributed by atoms with Gasteiger partial charge in [0.25, 0.3) is 11.8 Å². The summed E-state index contributed by atoms with van der Waals surface area (Å²) in [6, 6.07) is 4.53. The molecule has 2 aliphatic carbocycles. The number of carboxylic acids is 1. The van der Waals surface area contributed by atoms with Gasteiger partial charge in [0.1, 0.15) is 28.5 Å². The Labute approximate surface area is 310 Å². The Hall–Kier alpha value is -5.43. The van der Waals surface area contributed by atoms with Crippen molar-refractivity contribution in [3.8, 4) is 17.2 Å². The van der Waals surface area contributed by atoms with E-state index in [1.165, 1.54) is 6.08 Å². The van der Waals surface area contributed by atoms with Crippen LogP contribution in [0, 0.1) is 46.8 Å². The molecule has 3 N–H and O–H groups in total. The molecule has 0 spiro atoms. The number of carbonyl (C=O) groups excluding carboxylic acids is 4. The highest BCUT2D eigenvalue weighted by molar-refractivity contribution is 6.58. The molecule has 11 nitrogen and oxygen atoms in total. The number of carbonyl (C=O) groups is 5. The quantitative estimate of drug-likeness (QED) is 0.0684. The molecular weight excluding hydrogens is 803 g/mol. The highest BCUT2D eigenvalue weighted by Crippen LogP contribution is 2.67. The van der Waals surface area contributed by atoms with Crippen LogP contribution in [0.3, 0.4) is 0 Å². The molecule has 55 heavy (non-hydrogen) atoms. The number of halogens is 10. The summed E-state index contributed by atoms with van der Waals surface area (Å²) in [5, 5.41) is 30.6. The van der Waals surface area contributed by atoms with E-state index in [1.807, 2.05) is 0 Å². The van der Waals surface area contributed by atoms with Gasteiger partial charge < -0.3 is 20.1 Å². The smallest absolute Gasteiger partial charge is 0.508 e. The van der Waals surface area contributed by atoms with Crippen LogP contribution in [0.1, 0.15) is 34.7 Å². The van der Waals surface area contributed by atoms with Crippen LogP contribution in [-0.4, -0.2) is 61.0 Å². The molecule has 6 atom stereocenters. The van der Waals surface area contributed by atoms with Crippen LogP contribution in [0.25, 0.3) is 0 Å². The van der Waals surface area contributed by atoms with Crippen molar-refractivity contribution >= 4 is 64.2 Å². The Kier molecular flexibility index (Phi) is 8.46. The minimum atomic E-state index is -5.34. The summed E-state index contributed by atoms with van der Waals surface area (Å²) in [6.07, 6.45) is -5.49. The fourth-order valence-electron chi connectivity index (χ4n) is 7.97. The molecule has 3 aromatic carbocycles. The van der Waals surface area contributed by atoms with E-state index >= 15 is 8.78 Å². The zero-order valence-electron chi connectivity index (χ0n) is 26.7. The molecule has 3 aromatic rings. The van der Waals surface area contributed by atoms with Crippen LogP contribution >= 0.6 is 23.2 Å². The number of aromatic carboxylic acids is 1. The van der Waals surface area contributed by atoms with Gasteiger partial charge in [-0.25, -0.2) is 36.5 Å². The van der Waals surface area contributed by atoms with Crippen molar-refractivity contribution in [3.05, 3.63) is 88.3 Å². The van der Waals surface area contributed by atoms with Crippen LogP contribution in [0.2, 0.25) is 0 Å². The monoisotopic (exact) mass is 820 g/mol. The predicted molar refractivity (Wildman–Crippen MR) is 169 cm³/mol. The van der Waals surface area contributed by atoms with E-state index in [-0.39, 0.29) is 11.3 Å². The molecule has 2 saturated heterocycles. The van der Waals surface area contributed by atoms with Gasteiger partial charge in [0.2, 0.25) is 17.6 Å². The van der Waals surface area contributed by atoms with E-state index in [4.69, 9.17) is 23.2 Å². The second kappa shape index (κ2) is 12.3. The zero-order valence-corrected chi connectivity index (χ0v) is 28.2. The number of allylic oxidation sites excluding steroid dienone is 2. The number of fused-ring (bicyclic) bond motifs is 4. The molecular formula is C34H18Cl2F8N2O9. The number of nitrogens with zero attached hydrogens (tertiary/aromatic N) is 2. The predicted octanol–water partition coefficient (Wildman–Crippen LogP) is 6.16. The highest BCUT2D eigenvalue weighted by Gasteiger charge is 2.77. The van der Waals surface area contributed by atoms with Crippen molar-refractivity contribution in [2.24, 2.45) is 17.8 Å². The molecule has 2 aliphatic heterocycles. The number of hydrogen-bond acceptors (Lipinski definition) is 8. The lowest BCUT2D eigenvalue weighted by atomic mass is 9.56. The van der Waals surface area contributed by atoms with Gasteiger partial charge in [0.15, 0.2) is 33.0 Å². The van der Waals surface area contributed by atoms with E-state index < -0.39 is 150 Å². The van der Waals surface area contributed by atoms with Crippen LogP contribution in [0.5, 0.6) is 17.2 Å². The standard InChI is InChI=1S/C34H18Cl2F8N2O9/c35-32-9-16-12(4-5-14-19(16)28(50)45(27(14)49)10-1-3-13(29(51)52)18(48)7-10)20(15-8-11(2-6-17(15)47)55-34(42,43)44)33(32,36)31(54)46(30(32)53)26-24(40)22(38)21(37)23(39)25(26)41/h1-4,6-8,14,16,19-20,47-48H,5,9H2,(H,51,52). The van der Waals surface area contributed by atoms with E-state index in [1.54, 1.807) is 0 Å². The fourth-order valence-corrected chi connectivity index (χ4v) is 8.89. The van der Waals surface area contributed by atoms with E-state index in [2.05, 4.69) is 4.74 Å². The summed E-state index contributed by atoms with van der Waals surface area (Å²) in [5.41, 5.74) is -3.96. The molecule has 0 bridgehead atoms. The van der Waals surface area contributed by atoms with Gasteiger partial charge in [-0.2, -0.15) is 0 Å². The molecule has 1 saturated carbocycles. The average molecular weight is 821 g/mol. The maximum atomic E-state index is 15.2. The first kappa shape index (κ1) is 37.9. The number of phenolic OH excluding ortho intramolecular Hbond substituents is 1. The van der Waals surface area contributed by atoms with Gasteiger partial charge in [-0.3, -0.25) is 19.2 Å². The first-order chi connectivity index (χ1) is 25.6. The molecule has 6 unspecified atom stereocenters. The second-order valence-corrected chi connectivity index (χ2v) is 14.2. The number of anilines is 2. The molecule has 4 amide bonds. The van der Waals surface area contributed by atoms with E-state index in [0.29, 0.717) is 23.1 Å². The summed E-state index contributed by atoms with van der Waals surface area (Å²) < 4.78 is 117. The summed E-state index contributed by atoms with van der Waals surface area (Å²) in [7, 11) is 0. The van der Waals surface area contributed by atoms with Crippen LogP contribution in [0.4, 0.5) is 46.5 Å². The van der Waals surface area contributed by atoms with Crippen LogP contribution < -0.4 is 14.5 Å². The normalized spacial score (nSPS) is 27.6. The van der Waals surface area contributed by atoms with E-state index in [0.717, 1.165) is 18.2 Å². The Morgan fingerprint density at radius 1 is 0.800 bits per heavy atom. The van der Waals surface area contributed by atoms with Crippen molar-refractivity contribution in [2.75, 3.05) is 9.80 Å². The fraction of sp³-hybridized carbons (Fsp3) is 0.265. The summed E-state index contributed by atoms with van der Waals surface area (Å²) in [4.78, 5) is 61.8. The number of hydrogen-bond donors (Lipinski definition) is 3. The average Bonchev–Trinajstić information content (AvgIpc) is 3.44. The van der Waals surface area contributed by atoms with E-state index in [9.17, 15) is 65.6 Å². The molecule has 288 valence electrons. The van der Waals surface area contributed by atoms with Crippen molar-refractivity contribution in [3.63, 3.8) is 0 Å². The number of rotatable bonds is 5. The molecule has 2 heterocycles. The third-order valence-electron chi connectivity index (χ3n) is 10.2. The summed E-state index contributed by atoms with van der Waals surface area (Å²) in [6.45, 7) is 0. The molecule has 21 heteroatoms. The van der Waals surface area contributed by atoms with Crippen molar-refractivity contribution in [1.82, 2.24) is 0 Å². The molecule has 0 radical (unpaired) electrons. The number of alkyl halides is 5. The highest BCUT2D eigenvalue weighted by atomic mass is 35.5. The number of aromatic hydroxyl groups is 2. The maximum Gasteiger partial charge on any atom is 0.573 e. The minimum absolute atomic E-state index is 0.209. The lowest BCUT2D eigenvalue weighted by molar-refractivity contribution is -0.274. The minimum Gasteiger partial charge on any atom is -0.508 e. The molecule has 4 aliphatic rings. The number of benzene rings is 3. The van der Waals surface area contributed by atoms with Crippen LogP contribution in [-0.2, 0) is 19.2 Å². The van der Waals surface area contributed by atoms with Crippen LogP contribution in [0.15, 0.2) is 48.0 Å². The zero-order chi connectivity index (χ0) is 40.4. The Morgan fingerprint density at radius 2 is 1.42 bits per heavy atom. The van der Waals surface area contributed by atoms with Crippen molar-refractivity contribution < 1.29 is 79.2 Å². The third kappa shape index (κ3) is 5.18. The summed E-state index contributed by atoms with van der Waals surface area (Å²) >= 11 is 13.9. The summed E-state index contributed by atoms with van der Waals surface area (Å²) in [5.74, 6) is -29.9. The second-order valence-electron chi connectivity index (χ2n) is 13.0. The number of carboxylic acid groups (broad SMARTS) is 1. The molecule has 7 rings (SSSR count). The van der Waals surface area contributed by atoms with Crippen molar-refractivity contribution in [2.45, 2.75) is 34.9 Å². The Balaban J connectivity index is 1.43.